The molecule has 0 unspecified atom stereocenters. The number of amides is 1. The van der Waals surface area contributed by atoms with E-state index in [9.17, 15) is 9.59 Å². The number of rotatable bonds is 9. The first kappa shape index (κ1) is 24.2. The Bertz CT molecular complexity index is 1190. The highest BCUT2D eigenvalue weighted by atomic mass is 79.9. The second-order valence-electron chi connectivity index (χ2n) is 8.52. The maximum absolute atomic E-state index is 12.6. The second-order valence-corrected chi connectivity index (χ2v) is 9.43. The zero-order chi connectivity index (χ0) is 24.1. The summed E-state index contributed by atoms with van der Waals surface area (Å²) in [6.07, 6.45) is 8.04. The van der Waals surface area contributed by atoms with Crippen LogP contribution in [0.3, 0.4) is 0 Å². The van der Waals surface area contributed by atoms with Crippen molar-refractivity contribution in [3.8, 4) is 11.1 Å². The van der Waals surface area contributed by atoms with E-state index >= 15 is 0 Å². The number of aliphatic carboxylic acids is 1. The Hall–Kier alpha value is -2.94. The Labute approximate surface area is 207 Å². The van der Waals surface area contributed by atoms with Gasteiger partial charge in [-0.3, -0.25) is 9.78 Å². The van der Waals surface area contributed by atoms with Crippen LogP contribution < -0.4 is 0 Å². The summed E-state index contributed by atoms with van der Waals surface area (Å²) in [5, 5.41) is 14.0. The van der Waals surface area contributed by atoms with Gasteiger partial charge in [0, 0.05) is 53.2 Å². The lowest BCUT2D eigenvalue weighted by Gasteiger charge is -2.19. The minimum atomic E-state index is -0.802. The van der Waals surface area contributed by atoms with Crippen LogP contribution in [0.2, 0.25) is 0 Å². The number of pyridine rings is 1. The van der Waals surface area contributed by atoms with E-state index in [0.29, 0.717) is 25.0 Å². The van der Waals surface area contributed by atoms with Crippen LogP contribution >= 0.6 is 15.9 Å². The fraction of sp³-hybridized carbons (Fsp3) is 0.440. The van der Waals surface area contributed by atoms with Crippen LogP contribution in [-0.2, 0) is 29.0 Å². The number of carbonyl (C=O) groups excluding carboxylic acids is 1. The first-order valence-electron chi connectivity index (χ1n) is 11.7. The van der Waals surface area contributed by atoms with Gasteiger partial charge in [0.1, 0.15) is 12.3 Å². The molecule has 9 heteroatoms. The lowest BCUT2D eigenvalue weighted by molar-refractivity contribution is -0.137. The third-order valence-corrected chi connectivity index (χ3v) is 6.61. The van der Waals surface area contributed by atoms with Crippen molar-refractivity contribution in [2.24, 2.45) is 0 Å². The number of aromatic nitrogens is 3. The monoisotopic (exact) mass is 528 g/mol. The summed E-state index contributed by atoms with van der Waals surface area (Å²) in [6, 6.07) is 6.13. The molecule has 0 radical (unpaired) electrons. The van der Waals surface area contributed by atoms with Gasteiger partial charge < -0.3 is 14.7 Å². The Kier molecular flexibility index (Phi) is 7.82. The zero-order valence-electron chi connectivity index (χ0n) is 19.3. The standard InChI is InChI=1S/C25H29BrN4O4/c1-2-19-9-10-22-24(17-13-18(26)15-27-14-17)20(7-3-4-8-23(31)32)21(28-30(19)22)16-34-25(33)29-11-5-6-12-29/h9-10,13-15H,2-8,11-12,16H2,1H3,(H,31,32). The van der Waals surface area contributed by atoms with Crippen molar-refractivity contribution < 1.29 is 19.4 Å². The maximum Gasteiger partial charge on any atom is 0.410 e. The minimum Gasteiger partial charge on any atom is -0.481 e. The normalized spacial score (nSPS) is 13.5. The van der Waals surface area contributed by atoms with Crippen LogP contribution in [0.15, 0.2) is 35.1 Å². The maximum atomic E-state index is 12.6. The van der Waals surface area contributed by atoms with Crippen molar-refractivity contribution in [2.75, 3.05) is 13.1 Å². The summed E-state index contributed by atoms with van der Waals surface area (Å²) in [6.45, 7) is 3.59. The SMILES string of the molecule is CCc1ccc2c(-c3cncc(Br)c3)c(CCCCC(=O)O)c(COC(=O)N3CCCC3)nn12. The lowest BCUT2D eigenvalue weighted by atomic mass is 9.95. The Morgan fingerprint density at radius 2 is 1.97 bits per heavy atom. The molecule has 34 heavy (non-hydrogen) atoms. The predicted octanol–water partition coefficient (Wildman–Crippen LogP) is 5.25. The van der Waals surface area contributed by atoms with E-state index in [4.69, 9.17) is 14.9 Å². The molecular formula is C25H29BrN4O4. The fourth-order valence-electron chi connectivity index (χ4n) is 4.48. The number of carbonyl (C=O) groups is 2. The highest BCUT2D eigenvalue weighted by molar-refractivity contribution is 9.10. The molecule has 0 aliphatic carbocycles. The van der Waals surface area contributed by atoms with Crippen molar-refractivity contribution in [3.63, 3.8) is 0 Å². The number of carboxylic acid groups (broad SMARTS) is 1. The fourth-order valence-corrected chi connectivity index (χ4v) is 4.85. The molecule has 3 aromatic heterocycles. The van der Waals surface area contributed by atoms with Gasteiger partial charge in [-0.1, -0.05) is 6.92 Å². The van der Waals surface area contributed by atoms with Gasteiger partial charge >= 0.3 is 12.1 Å². The number of ether oxygens (including phenoxy) is 1. The summed E-state index contributed by atoms with van der Waals surface area (Å²) in [5.74, 6) is -0.802. The quantitative estimate of drug-likeness (QED) is 0.381. The smallest absolute Gasteiger partial charge is 0.410 e. The number of hydrogen-bond donors (Lipinski definition) is 1. The van der Waals surface area contributed by atoms with Crippen LogP contribution in [0.5, 0.6) is 0 Å². The van der Waals surface area contributed by atoms with E-state index < -0.39 is 5.97 Å². The largest absolute Gasteiger partial charge is 0.481 e. The van der Waals surface area contributed by atoms with Gasteiger partial charge in [0.05, 0.1) is 5.52 Å². The average molecular weight is 529 g/mol. The van der Waals surface area contributed by atoms with Gasteiger partial charge in [-0.25, -0.2) is 9.31 Å². The summed E-state index contributed by atoms with van der Waals surface area (Å²) in [5.41, 5.74) is 5.60. The van der Waals surface area contributed by atoms with Crippen LogP contribution in [-0.4, -0.2) is 49.8 Å². The van der Waals surface area contributed by atoms with Crippen LogP contribution in [0.25, 0.3) is 16.6 Å². The first-order valence-corrected chi connectivity index (χ1v) is 12.5. The molecule has 0 atom stereocenters. The number of hydrogen-bond acceptors (Lipinski definition) is 5. The van der Waals surface area contributed by atoms with Crippen molar-refractivity contribution in [3.05, 3.63) is 52.0 Å². The van der Waals surface area contributed by atoms with Crippen LogP contribution in [0.1, 0.15) is 56.0 Å². The van der Waals surface area contributed by atoms with Gasteiger partial charge in [0.2, 0.25) is 0 Å². The summed E-state index contributed by atoms with van der Waals surface area (Å²) >= 11 is 3.53. The number of nitrogens with zero attached hydrogens (tertiary/aromatic N) is 4. The Morgan fingerprint density at radius 1 is 1.18 bits per heavy atom. The third-order valence-electron chi connectivity index (χ3n) is 6.18. The molecule has 3 aromatic rings. The molecule has 1 N–H and O–H groups in total. The zero-order valence-corrected chi connectivity index (χ0v) is 20.9. The third kappa shape index (κ3) is 5.41. The molecule has 180 valence electrons. The number of fused-ring (bicyclic) bond motifs is 1. The van der Waals surface area contributed by atoms with Crippen molar-refractivity contribution in [1.82, 2.24) is 19.5 Å². The molecule has 0 aromatic carbocycles. The number of likely N-dealkylation sites (tertiary alicyclic amines) is 1. The molecule has 1 aliphatic heterocycles. The number of unbranched alkanes of at least 4 members (excludes halogenated alkanes) is 1. The van der Waals surface area contributed by atoms with E-state index in [1.54, 1.807) is 11.1 Å². The molecular weight excluding hydrogens is 500 g/mol. The van der Waals surface area contributed by atoms with Crippen LogP contribution in [0.4, 0.5) is 4.79 Å². The summed E-state index contributed by atoms with van der Waals surface area (Å²) < 4.78 is 8.49. The molecule has 1 fully saturated rings. The number of carboxylic acids is 1. The van der Waals surface area contributed by atoms with Gasteiger partial charge in [-0.15, -0.1) is 0 Å². The van der Waals surface area contributed by atoms with E-state index in [2.05, 4.69) is 40.0 Å². The lowest BCUT2D eigenvalue weighted by Crippen LogP contribution is -2.28. The summed E-state index contributed by atoms with van der Waals surface area (Å²) in [4.78, 5) is 29.7. The van der Waals surface area contributed by atoms with Crippen molar-refractivity contribution in [2.45, 2.75) is 58.5 Å². The van der Waals surface area contributed by atoms with Crippen molar-refractivity contribution >= 4 is 33.5 Å². The molecule has 1 aliphatic rings. The second kappa shape index (κ2) is 11.0. The van der Waals surface area contributed by atoms with E-state index in [-0.39, 0.29) is 19.1 Å². The summed E-state index contributed by atoms with van der Waals surface area (Å²) in [7, 11) is 0. The molecule has 4 heterocycles. The van der Waals surface area contributed by atoms with Gasteiger partial charge in [-0.05, 0) is 78.2 Å². The number of halogens is 1. The average Bonchev–Trinajstić information content (AvgIpc) is 3.49. The topological polar surface area (TPSA) is 97.0 Å². The van der Waals surface area contributed by atoms with Gasteiger partial charge in [0.25, 0.3) is 0 Å². The molecule has 0 spiro atoms. The highest BCUT2D eigenvalue weighted by Crippen LogP contribution is 2.34. The minimum absolute atomic E-state index is 0.0648. The molecule has 8 nitrogen and oxygen atoms in total. The van der Waals surface area contributed by atoms with E-state index in [1.807, 2.05) is 16.8 Å². The number of aryl methyl sites for hydroxylation is 1. The first-order chi connectivity index (χ1) is 16.5. The predicted molar refractivity (Wildman–Crippen MR) is 132 cm³/mol. The molecule has 1 amide bonds. The molecule has 4 rings (SSSR count). The van der Waals surface area contributed by atoms with Crippen LogP contribution in [0, 0.1) is 0 Å². The molecule has 0 saturated carbocycles. The van der Waals surface area contributed by atoms with Gasteiger partial charge in [0.15, 0.2) is 0 Å². The molecule has 0 bridgehead atoms. The Morgan fingerprint density at radius 3 is 2.68 bits per heavy atom. The Balaban J connectivity index is 1.77. The van der Waals surface area contributed by atoms with E-state index in [0.717, 1.165) is 64.7 Å². The molecule has 1 saturated heterocycles. The van der Waals surface area contributed by atoms with Gasteiger partial charge in [-0.2, -0.15) is 5.10 Å². The van der Waals surface area contributed by atoms with E-state index in [1.165, 1.54) is 0 Å². The highest BCUT2D eigenvalue weighted by Gasteiger charge is 2.23. The van der Waals surface area contributed by atoms with Crippen molar-refractivity contribution in [1.29, 1.82) is 0 Å².